The van der Waals surface area contributed by atoms with Crippen LogP contribution in [0.2, 0.25) is 0 Å². The van der Waals surface area contributed by atoms with Crippen LogP contribution < -0.4 is 10.9 Å². The molecular weight excluding hydrogens is 320 g/mol. The van der Waals surface area contributed by atoms with Gasteiger partial charge < -0.3 is 0 Å². The minimum Gasteiger partial charge on any atom is -0.267 e. The molecule has 0 radical (unpaired) electrons. The molecule has 1 heterocycles. The van der Waals surface area contributed by atoms with E-state index in [0.717, 1.165) is 24.0 Å². The van der Waals surface area contributed by atoms with Crippen molar-refractivity contribution < 1.29 is 9.59 Å². The van der Waals surface area contributed by atoms with Crippen LogP contribution in [0.4, 0.5) is 0 Å². The van der Waals surface area contributed by atoms with Gasteiger partial charge in [-0.25, -0.2) is 0 Å². The van der Waals surface area contributed by atoms with Gasteiger partial charge in [-0.15, -0.1) is 11.3 Å². The van der Waals surface area contributed by atoms with Crippen LogP contribution in [0, 0.1) is 19.8 Å². The molecule has 1 unspecified atom stereocenters. The van der Waals surface area contributed by atoms with E-state index in [-0.39, 0.29) is 11.8 Å². The first-order chi connectivity index (χ1) is 11.5. The zero-order valence-corrected chi connectivity index (χ0v) is 15.0. The zero-order chi connectivity index (χ0) is 17.3. The van der Waals surface area contributed by atoms with Gasteiger partial charge in [0.1, 0.15) is 0 Å². The Bertz CT molecular complexity index is 795. The zero-order valence-electron chi connectivity index (χ0n) is 14.2. The summed E-state index contributed by atoms with van der Waals surface area (Å²) in [6, 6.07) is 7.53. The normalized spacial score (nSPS) is 16.4. The van der Waals surface area contributed by atoms with Crippen LogP contribution in [0.15, 0.2) is 24.3 Å². The number of carbonyl (C=O) groups excluding carboxylic acids is 2. The van der Waals surface area contributed by atoms with Crippen LogP contribution in [0.1, 0.15) is 54.9 Å². The summed E-state index contributed by atoms with van der Waals surface area (Å²) >= 11 is 1.54. The second kappa shape index (κ2) is 6.77. The molecule has 126 valence electrons. The molecule has 1 aliphatic rings. The first-order valence-electron chi connectivity index (χ1n) is 8.24. The smallest absolute Gasteiger partial charge is 0.267 e. The maximum absolute atomic E-state index is 12.3. The van der Waals surface area contributed by atoms with Crippen molar-refractivity contribution >= 4 is 23.2 Å². The molecular formula is C19H22N2O2S. The van der Waals surface area contributed by atoms with Gasteiger partial charge in [-0.3, -0.25) is 20.4 Å². The molecule has 1 atom stereocenters. The Labute approximate surface area is 146 Å². The van der Waals surface area contributed by atoms with E-state index < -0.39 is 0 Å². The standard InChI is InChI=1S/C19H22N2O2S/c1-11-7-8-16-14(9-11)10-17(24-16)19(23)21-20-18(22)15-6-4-5-12(2)13(15)3/h4-6,10-11H,7-9H2,1-3H3,(H,20,22)(H,21,23). The molecule has 0 aliphatic heterocycles. The number of hydrogen-bond donors (Lipinski definition) is 2. The molecule has 0 saturated carbocycles. The minimum atomic E-state index is -0.292. The molecule has 1 aromatic carbocycles. The van der Waals surface area contributed by atoms with Gasteiger partial charge >= 0.3 is 0 Å². The third kappa shape index (κ3) is 3.36. The number of hydrogen-bond acceptors (Lipinski definition) is 3. The largest absolute Gasteiger partial charge is 0.279 e. The first kappa shape index (κ1) is 16.7. The fourth-order valence-electron chi connectivity index (χ4n) is 3.06. The molecule has 24 heavy (non-hydrogen) atoms. The molecule has 1 aliphatic carbocycles. The summed E-state index contributed by atoms with van der Waals surface area (Å²) in [6.07, 6.45) is 3.26. The monoisotopic (exact) mass is 342 g/mol. The summed E-state index contributed by atoms with van der Waals surface area (Å²) in [6.45, 7) is 6.10. The Morgan fingerprint density at radius 2 is 1.92 bits per heavy atom. The number of aryl methyl sites for hydroxylation is 2. The van der Waals surface area contributed by atoms with Gasteiger partial charge in [0, 0.05) is 10.4 Å². The number of hydrazine groups is 1. The Hall–Kier alpha value is -2.14. The third-order valence-electron chi connectivity index (χ3n) is 4.69. The van der Waals surface area contributed by atoms with Crippen LogP contribution in [-0.2, 0) is 12.8 Å². The molecule has 0 saturated heterocycles. The maximum Gasteiger partial charge on any atom is 0.279 e. The van der Waals surface area contributed by atoms with Gasteiger partial charge in [0.2, 0.25) is 0 Å². The second-order valence-electron chi connectivity index (χ2n) is 6.56. The van der Waals surface area contributed by atoms with Crippen LogP contribution in [0.3, 0.4) is 0 Å². The van der Waals surface area contributed by atoms with E-state index in [0.29, 0.717) is 16.4 Å². The van der Waals surface area contributed by atoms with Crippen molar-refractivity contribution in [2.45, 2.75) is 40.0 Å². The average molecular weight is 342 g/mol. The van der Waals surface area contributed by atoms with E-state index in [1.165, 1.54) is 28.2 Å². The second-order valence-corrected chi connectivity index (χ2v) is 7.70. The van der Waals surface area contributed by atoms with E-state index >= 15 is 0 Å². The fourth-order valence-corrected chi connectivity index (χ4v) is 4.16. The van der Waals surface area contributed by atoms with Gasteiger partial charge in [-0.1, -0.05) is 19.1 Å². The van der Waals surface area contributed by atoms with Crippen molar-refractivity contribution in [3.63, 3.8) is 0 Å². The fraction of sp³-hybridized carbons (Fsp3) is 0.368. The predicted molar refractivity (Wildman–Crippen MR) is 96.4 cm³/mol. The number of amides is 2. The summed E-state index contributed by atoms with van der Waals surface area (Å²) in [4.78, 5) is 26.6. The van der Waals surface area contributed by atoms with E-state index in [2.05, 4.69) is 17.8 Å². The van der Waals surface area contributed by atoms with Gasteiger partial charge in [0.05, 0.1) is 4.88 Å². The molecule has 1 aromatic heterocycles. The lowest BCUT2D eigenvalue weighted by Crippen LogP contribution is -2.41. The number of rotatable bonds is 2. The molecule has 0 bridgehead atoms. The molecule has 0 fully saturated rings. The summed E-state index contributed by atoms with van der Waals surface area (Å²) in [5.41, 5.74) is 8.89. The van der Waals surface area contributed by atoms with Crippen molar-refractivity contribution in [3.8, 4) is 0 Å². The first-order valence-corrected chi connectivity index (χ1v) is 9.06. The van der Waals surface area contributed by atoms with Crippen molar-refractivity contribution in [1.82, 2.24) is 10.9 Å². The quantitative estimate of drug-likeness (QED) is 0.820. The minimum absolute atomic E-state index is 0.249. The van der Waals surface area contributed by atoms with Crippen LogP contribution in [0.5, 0.6) is 0 Å². The van der Waals surface area contributed by atoms with Crippen molar-refractivity contribution in [2.75, 3.05) is 0 Å². The Morgan fingerprint density at radius 1 is 1.17 bits per heavy atom. The molecule has 5 heteroatoms. The summed E-state index contributed by atoms with van der Waals surface area (Å²) in [5, 5.41) is 0. The molecule has 3 rings (SSSR count). The Morgan fingerprint density at radius 3 is 2.71 bits per heavy atom. The van der Waals surface area contributed by atoms with Gasteiger partial charge in [-0.2, -0.15) is 0 Å². The molecule has 2 aromatic rings. The van der Waals surface area contributed by atoms with Crippen LogP contribution >= 0.6 is 11.3 Å². The average Bonchev–Trinajstić information content (AvgIpc) is 2.98. The number of carbonyl (C=O) groups is 2. The highest BCUT2D eigenvalue weighted by atomic mass is 32.1. The lowest BCUT2D eigenvalue weighted by Gasteiger charge is -2.16. The van der Waals surface area contributed by atoms with Crippen LogP contribution in [-0.4, -0.2) is 11.8 Å². The maximum atomic E-state index is 12.3. The molecule has 2 N–H and O–H groups in total. The Kier molecular flexibility index (Phi) is 4.71. The molecule has 2 amide bonds. The highest BCUT2D eigenvalue weighted by molar-refractivity contribution is 7.14. The van der Waals surface area contributed by atoms with Crippen molar-refractivity contribution in [1.29, 1.82) is 0 Å². The van der Waals surface area contributed by atoms with Gasteiger partial charge in [0.15, 0.2) is 0 Å². The van der Waals surface area contributed by atoms with Gasteiger partial charge in [-0.05, 0) is 67.9 Å². The highest BCUT2D eigenvalue weighted by Crippen LogP contribution is 2.32. The summed E-state index contributed by atoms with van der Waals surface area (Å²) in [5.74, 6) is 0.132. The SMILES string of the molecule is Cc1cccc(C(=O)NNC(=O)c2cc3c(s2)CCC(C)C3)c1C. The Balaban J connectivity index is 1.65. The predicted octanol–water partition coefficient (Wildman–Crippen LogP) is 3.56. The van der Waals surface area contributed by atoms with Crippen molar-refractivity contribution in [2.24, 2.45) is 5.92 Å². The lowest BCUT2D eigenvalue weighted by molar-refractivity contribution is 0.0848. The topological polar surface area (TPSA) is 58.2 Å². The molecule has 0 spiro atoms. The van der Waals surface area contributed by atoms with Crippen molar-refractivity contribution in [3.05, 3.63) is 56.3 Å². The highest BCUT2D eigenvalue weighted by Gasteiger charge is 2.21. The number of thiophene rings is 1. The summed E-state index contributed by atoms with van der Waals surface area (Å²) in [7, 11) is 0. The van der Waals surface area contributed by atoms with Crippen LogP contribution in [0.25, 0.3) is 0 Å². The number of benzene rings is 1. The van der Waals surface area contributed by atoms with E-state index in [1.54, 1.807) is 6.07 Å². The lowest BCUT2D eigenvalue weighted by atomic mass is 9.90. The van der Waals surface area contributed by atoms with E-state index in [1.807, 2.05) is 32.0 Å². The van der Waals surface area contributed by atoms with E-state index in [4.69, 9.17) is 0 Å². The number of fused-ring (bicyclic) bond motifs is 1. The summed E-state index contributed by atoms with van der Waals surface area (Å²) < 4.78 is 0. The van der Waals surface area contributed by atoms with E-state index in [9.17, 15) is 9.59 Å². The van der Waals surface area contributed by atoms with Gasteiger partial charge in [0.25, 0.3) is 11.8 Å². The number of nitrogens with one attached hydrogen (secondary N) is 2. The third-order valence-corrected chi connectivity index (χ3v) is 5.93. The molecule has 4 nitrogen and oxygen atoms in total.